The molecule has 4 aromatic heterocycles. The van der Waals surface area contributed by atoms with E-state index in [2.05, 4.69) is 36.4 Å². The van der Waals surface area contributed by atoms with Crippen molar-refractivity contribution < 1.29 is 0 Å². The van der Waals surface area contributed by atoms with Crippen molar-refractivity contribution in [2.45, 2.75) is 12.3 Å². The highest BCUT2D eigenvalue weighted by molar-refractivity contribution is 7.16. The molecule has 4 aromatic rings. The van der Waals surface area contributed by atoms with Crippen molar-refractivity contribution in [3.63, 3.8) is 0 Å². The SMILES string of the molecule is c1cncc(CC(c2cn[nH]n2)c2c[nH]c3ncsc23)c1. The fourth-order valence-corrected chi connectivity index (χ4v) is 3.36. The van der Waals surface area contributed by atoms with Gasteiger partial charge >= 0.3 is 0 Å². The van der Waals surface area contributed by atoms with Gasteiger partial charge in [0.15, 0.2) is 0 Å². The monoisotopic (exact) mass is 296 g/mol. The van der Waals surface area contributed by atoms with E-state index in [1.54, 1.807) is 23.7 Å². The molecule has 21 heavy (non-hydrogen) atoms. The maximum atomic E-state index is 4.32. The van der Waals surface area contributed by atoms with Gasteiger partial charge in [-0.15, -0.1) is 11.3 Å². The van der Waals surface area contributed by atoms with E-state index in [9.17, 15) is 0 Å². The van der Waals surface area contributed by atoms with E-state index in [0.29, 0.717) is 0 Å². The number of fused-ring (bicyclic) bond motifs is 1. The van der Waals surface area contributed by atoms with Crippen LogP contribution in [0.5, 0.6) is 0 Å². The minimum atomic E-state index is 0.127. The van der Waals surface area contributed by atoms with E-state index < -0.39 is 0 Å². The highest BCUT2D eigenvalue weighted by atomic mass is 32.1. The van der Waals surface area contributed by atoms with Crippen LogP contribution in [-0.4, -0.2) is 30.4 Å². The van der Waals surface area contributed by atoms with Gasteiger partial charge in [-0.2, -0.15) is 15.4 Å². The Hall–Kier alpha value is -2.54. The first-order chi connectivity index (χ1) is 10.4. The minimum Gasteiger partial charge on any atom is -0.345 e. The van der Waals surface area contributed by atoms with E-state index in [-0.39, 0.29) is 5.92 Å². The predicted molar refractivity (Wildman–Crippen MR) is 80.1 cm³/mol. The average molecular weight is 296 g/mol. The Morgan fingerprint density at radius 3 is 3.10 bits per heavy atom. The number of hydrogen-bond acceptors (Lipinski definition) is 5. The maximum Gasteiger partial charge on any atom is 0.148 e. The second-order valence-corrected chi connectivity index (χ2v) is 5.64. The van der Waals surface area contributed by atoms with Gasteiger partial charge in [-0.3, -0.25) is 4.98 Å². The second-order valence-electron chi connectivity index (χ2n) is 4.79. The highest BCUT2D eigenvalue weighted by Crippen LogP contribution is 2.33. The lowest BCUT2D eigenvalue weighted by Gasteiger charge is -2.13. The molecule has 0 saturated heterocycles. The van der Waals surface area contributed by atoms with Crippen molar-refractivity contribution >= 4 is 21.7 Å². The summed E-state index contributed by atoms with van der Waals surface area (Å²) in [5, 5.41) is 10.9. The summed E-state index contributed by atoms with van der Waals surface area (Å²) in [4.78, 5) is 11.7. The Kier molecular flexibility index (Phi) is 2.97. The number of aromatic nitrogens is 6. The van der Waals surface area contributed by atoms with E-state index >= 15 is 0 Å². The van der Waals surface area contributed by atoms with Crippen LogP contribution in [0.2, 0.25) is 0 Å². The van der Waals surface area contributed by atoms with E-state index in [0.717, 1.165) is 17.8 Å². The summed E-state index contributed by atoms with van der Waals surface area (Å²) in [6, 6.07) is 4.03. The largest absolute Gasteiger partial charge is 0.345 e. The van der Waals surface area contributed by atoms with Crippen molar-refractivity contribution in [1.82, 2.24) is 30.4 Å². The number of H-pyrrole nitrogens is 2. The van der Waals surface area contributed by atoms with Crippen molar-refractivity contribution in [2.75, 3.05) is 0 Å². The van der Waals surface area contributed by atoms with Crippen LogP contribution in [0.25, 0.3) is 10.3 Å². The summed E-state index contributed by atoms with van der Waals surface area (Å²) in [6.45, 7) is 0. The number of pyridine rings is 1. The Labute approximate surface area is 124 Å². The third-order valence-electron chi connectivity index (χ3n) is 3.52. The molecule has 4 rings (SSSR count). The molecular weight excluding hydrogens is 284 g/mol. The molecule has 6 nitrogen and oxygen atoms in total. The molecule has 0 bridgehead atoms. The molecule has 0 fully saturated rings. The number of thiazole rings is 1. The molecule has 1 unspecified atom stereocenters. The van der Waals surface area contributed by atoms with Gasteiger partial charge in [0.05, 0.1) is 22.1 Å². The fraction of sp³-hybridized carbons (Fsp3) is 0.143. The standard InChI is InChI=1S/C14H12N6S/c1-2-9(5-15-3-1)4-10(12-7-18-20-19-12)11-6-16-14-13(11)21-8-17-14/h1-3,5-8,10,16H,4H2,(H,18,19,20). The molecule has 0 radical (unpaired) electrons. The molecule has 0 aliphatic rings. The van der Waals surface area contributed by atoms with Gasteiger partial charge < -0.3 is 4.98 Å². The summed E-state index contributed by atoms with van der Waals surface area (Å²) in [5.41, 5.74) is 6.08. The minimum absolute atomic E-state index is 0.127. The summed E-state index contributed by atoms with van der Waals surface area (Å²) in [7, 11) is 0. The molecule has 0 saturated carbocycles. The highest BCUT2D eigenvalue weighted by Gasteiger charge is 2.22. The van der Waals surface area contributed by atoms with Gasteiger partial charge in [-0.1, -0.05) is 6.07 Å². The first-order valence-electron chi connectivity index (χ1n) is 6.57. The van der Waals surface area contributed by atoms with Gasteiger partial charge in [0.1, 0.15) is 5.65 Å². The molecule has 0 aliphatic carbocycles. The summed E-state index contributed by atoms with van der Waals surface area (Å²) in [6.07, 6.45) is 8.30. The number of nitrogens with one attached hydrogen (secondary N) is 2. The predicted octanol–water partition coefficient (Wildman–Crippen LogP) is 2.51. The van der Waals surface area contributed by atoms with Crippen molar-refractivity contribution in [2.24, 2.45) is 0 Å². The molecule has 0 aliphatic heterocycles. The molecule has 0 spiro atoms. The molecule has 7 heteroatoms. The van der Waals surface area contributed by atoms with Crippen LogP contribution in [0.1, 0.15) is 22.7 Å². The summed E-state index contributed by atoms with van der Waals surface area (Å²) in [5.74, 6) is 0.127. The molecule has 0 aromatic carbocycles. The number of nitrogens with zero attached hydrogens (tertiary/aromatic N) is 4. The average Bonchev–Trinajstić information content (AvgIpc) is 3.24. The van der Waals surface area contributed by atoms with Crippen LogP contribution in [0.15, 0.2) is 42.4 Å². The zero-order chi connectivity index (χ0) is 14.1. The van der Waals surface area contributed by atoms with Gasteiger partial charge in [0.25, 0.3) is 0 Å². The van der Waals surface area contributed by atoms with Crippen LogP contribution in [0.4, 0.5) is 0 Å². The third-order valence-corrected chi connectivity index (χ3v) is 4.40. The zero-order valence-corrected chi connectivity index (χ0v) is 11.8. The molecule has 104 valence electrons. The van der Waals surface area contributed by atoms with Crippen LogP contribution < -0.4 is 0 Å². The van der Waals surface area contributed by atoms with Crippen LogP contribution in [-0.2, 0) is 6.42 Å². The quantitative estimate of drug-likeness (QED) is 0.606. The van der Waals surface area contributed by atoms with Crippen molar-refractivity contribution in [1.29, 1.82) is 0 Å². The Morgan fingerprint density at radius 2 is 2.29 bits per heavy atom. The van der Waals surface area contributed by atoms with Crippen LogP contribution >= 0.6 is 11.3 Å². The summed E-state index contributed by atoms with van der Waals surface area (Å²) >= 11 is 1.64. The maximum absolute atomic E-state index is 4.32. The normalized spacial score (nSPS) is 12.8. The molecule has 1 atom stereocenters. The Morgan fingerprint density at radius 1 is 1.29 bits per heavy atom. The van der Waals surface area contributed by atoms with Gasteiger partial charge in [0.2, 0.25) is 0 Å². The van der Waals surface area contributed by atoms with Crippen molar-refractivity contribution in [3.05, 3.63) is 59.3 Å². The van der Waals surface area contributed by atoms with E-state index in [1.807, 2.05) is 24.0 Å². The van der Waals surface area contributed by atoms with Crippen LogP contribution in [0.3, 0.4) is 0 Å². The first-order valence-corrected chi connectivity index (χ1v) is 7.45. The van der Waals surface area contributed by atoms with Gasteiger partial charge in [-0.05, 0) is 23.6 Å². The molecule has 2 N–H and O–H groups in total. The fourth-order valence-electron chi connectivity index (χ4n) is 2.53. The number of aromatic amines is 2. The third kappa shape index (κ3) is 2.21. The topological polar surface area (TPSA) is 83.1 Å². The van der Waals surface area contributed by atoms with Gasteiger partial charge in [-0.25, -0.2) is 4.98 Å². The Balaban J connectivity index is 1.79. The lowest BCUT2D eigenvalue weighted by molar-refractivity contribution is 0.767. The van der Waals surface area contributed by atoms with Crippen LogP contribution in [0, 0.1) is 0 Å². The van der Waals surface area contributed by atoms with Gasteiger partial charge in [0, 0.05) is 24.5 Å². The number of hydrogen-bond donors (Lipinski definition) is 2. The molecule has 0 amide bonds. The molecule has 4 heterocycles. The summed E-state index contributed by atoms with van der Waals surface area (Å²) < 4.78 is 1.17. The van der Waals surface area contributed by atoms with E-state index in [1.165, 1.54) is 15.8 Å². The lowest BCUT2D eigenvalue weighted by atomic mass is 9.92. The number of rotatable bonds is 4. The smallest absolute Gasteiger partial charge is 0.148 e. The zero-order valence-electron chi connectivity index (χ0n) is 11.0. The lowest BCUT2D eigenvalue weighted by Crippen LogP contribution is -2.05. The Bertz CT molecular complexity index is 833. The van der Waals surface area contributed by atoms with Crippen molar-refractivity contribution in [3.8, 4) is 0 Å². The second kappa shape index (κ2) is 5.10. The molecular formula is C14H12N6S. The van der Waals surface area contributed by atoms with E-state index in [4.69, 9.17) is 0 Å². The first kappa shape index (κ1) is 12.2.